The van der Waals surface area contributed by atoms with Crippen molar-refractivity contribution in [3.63, 3.8) is 0 Å². The highest BCUT2D eigenvalue weighted by atomic mass is 32.2. The summed E-state index contributed by atoms with van der Waals surface area (Å²) < 4.78 is 29.5. The van der Waals surface area contributed by atoms with Gasteiger partial charge in [0.15, 0.2) is 5.84 Å². The summed E-state index contributed by atoms with van der Waals surface area (Å²) in [6.45, 7) is 6.12. The van der Waals surface area contributed by atoms with Crippen LogP contribution in [-0.4, -0.2) is 66.4 Å². The number of benzene rings is 1. The monoisotopic (exact) mass is 599 g/mol. The van der Waals surface area contributed by atoms with Gasteiger partial charge in [-0.15, -0.1) is 0 Å². The normalized spacial score (nSPS) is 20.9. The molecule has 11 nitrogen and oxygen atoms in total. The Hall–Kier alpha value is -3.51. The quantitative estimate of drug-likeness (QED) is 0.295. The molecule has 0 unspecified atom stereocenters. The van der Waals surface area contributed by atoms with Gasteiger partial charge in [-0.05, 0) is 79.7 Å². The number of aliphatic carboxylic acids is 1. The molecule has 0 saturated heterocycles. The molecule has 1 spiro atoms. The molecule has 1 aromatic heterocycles. The molecule has 1 saturated carbocycles. The van der Waals surface area contributed by atoms with Crippen LogP contribution in [0.1, 0.15) is 69.6 Å². The van der Waals surface area contributed by atoms with Crippen LogP contribution in [0.25, 0.3) is 0 Å². The third-order valence-electron chi connectivity index (χ3n) is 8.25. The first kappa shape index (κ1) is 31.4. The Balaban J connectivity index is 1.40. The molecule has 1 aromatic carbocycles. The molecule has 1 atom stereocenters. The fourth-order valence-corrected chi connectivity index (χ4v) is 7.53. The van der Waals surface area contributed by atoms with Crippen molar-refractivity contribution in [2.45, 2.75) is 88.7 Å². The van der Waals surface area contributed by atoms with Crippen LogP contribution >= 0.6 is 0 Å². The van der Waals surface area contributed by atoms with E-state index in [2.05, 4.69) is 20.2 Å². The standard InChI is InChI=1S/C30H41N5O6S/c1-4-21-15-23(5-2)28(24(6-3)16-21)42(39,40)34-25(29(37)38)19-35(20-36)27-17-30(41-33-27)12-10-22(11-13-30)18-32-26-9-7-8-14-31-26/h7-9,14-16,20,22,25,34H,4-6,10-13,17-19H2,1-3H3,(H,31,32)(H,37,38)/t22?,25-,30?/m0/s1. The van der Waals surface area contributed by atoms with E-state index in [1.807, 2.05) is 51.1 Å². The molecule has 1 aliphatic carbocycles. The van der Waals surface area contributed by atoms with Crippen molar-refractivity contribution >= 4 is 34.1 Å². The highest BCUT2D eigenvalue weighted by Gasteiger charge is 2.44. The minimum absolute atomic E-state index is 0.114. The predicted octanol–water partition coefficient (Wildman–Crippen LogP) is 3.73. The highest BCUT2D eigenvalue weighted by Crippen LogP contribution is 2.41. The van der Waals surface area contributed by atoms with E-state index in [1.54, 1.807) is 6.20 Å². The van der Waals surface area contributed by atoms with Crippen LogP contribution in [0.2, 0.25) is 0 Å². The average Bonchev–Trinajstić information content (AvgIpc) is 3.41. The maximum Gasteiger partial charge on any atom is 0.323 e. The van der Waals surface area contributed by atoms with Gasteiger partial charge in [0.05, 0.1) is 17.9 Å². The van der Waals surface area contributed by atoms with Crippen LogP contribution in [0.5, 0.6) is 0 Å². The molecule has 12 heteroatoms. The lowest BCUT2D eigenvalue weighted by Crippen LogP contribution is -2.50. The molecular weight excluding hydrogens is 558 g/mol. The molecule has 4 rings (SSSR count). The van der Waals surface area contributed by atoms with Crippen LogP contribution in [0.3, 0.4) is 0 Å². The van der Waals surface area contributed by atoms with Crippen LogP contribution in [-0.2, 0) is 43.7 Å². The number of hydrogen-bond acceptors (Lipinski definition) is 8. The van der Waals surface area contributed by atoms with Gasteiger partial charge < -0.3 is 15.3 Å². The molecular formula is C30H41N5O6S. The fraction of sp³-hybridized carbons (Fsp3) is 0.533. The number of sulfonamides is 1. The van der Waals surface area contributed by atoms with E-state index in [0.29, 0.717) is 48.6 Å². The molecule has 1 aliphatic heterocycles. The summed E-state index contributed by atoms with van der Waals surface area (Å²) in [5.74, 6) is 0.185. The van der Waals surface area contributed by atoms with E-state index < -0.39 is 34.2 Å². The molecule has 42 heavy (non-hydrogen) atoms. The van der Waals surface area contributed by atoms with E-state index in [-0.39, 0.29) is 4.90 Å². The minimum Gasteiger partial charge on any atom is -0.480 e. The molecule has 3 N–H and O–H groups in total. The second kappa shape index (κ2) is 13.6. The predicted molar refractivity (Wildman–Crippen MR) is 160 cm³/mol. The number of rotatable bonds is 13. The number of carbonyl (C=O) groups excluding carboxylic acids is 1. The summed E-state index contributed by atoms with van der Waals surface area (Å²) in [5.41, 5.74) is 1.74. The Morgan fingerprint density at radius 1 is 1.17 bits per heavy atom. The van der Waals surface area contributed by atoms with Crippen LogP contribution < -0.4 is 10.0 Å². The van der Waals surface area contributed by atoms with Gasteiger partial charge in [0.1, 0.15) is 17.5 Å². The SMILES string of the molecule is CCc1cc(CC)c(S(=O)(=O)N[C@@H](CN(C=O)C2=NOC3(CCC(CNc4ccccn4)CC3)C2)C(=O)O)c(CC)c1. The second-order valence-corrected chi connectivity index (χ2v) is 12.7. The number of anilines is 1. The summed E-state index contributed by atoms with van der Waals surface area (Å²) in [6, 6.07) is 7.87. The smallest absolute Gasteiger partial charge is 0.323 e. The van der Waals surface area contributed by atoms with Crippen molar-refractivity contribution in [1.29, 1.82) is 0 Å². The molecule has 228 valence electrons. The Labute approximate surface area is 247 Å². The van der Waals surface area contributed by atoms with Crippen molar-refractivity contribution in [3.05, 3.63) is 53.2 Å². The average molecular weight is 600 g/mol. The van der Waals surface area contributed by atoms with Crippen molar-refractivity contribution in [2.75, 3.05) is 18.4 Å². The number of oxime groups is 1. The molecule has 0 bridgehead atoms. The van der Waals surface area contributed by atoms with Gasteiger partial charge in [0, 0.05) is 12.7 Å². The van der Waals surface area contributed by atoms with Crippen molar-refractivity contribution < 1.29 is 28.0 Å². The molecule has 1 amide bonds. The summed E-state index contributed by atoms with van der Waals surface area (Å²) in [7, 11) is -4.21. The van der Waals surface area contributed by atoms with Crippen LogP contribution in [0.4, 0.5) is 5.82 Å². The lowest BCUT2D eigenvalue weighted by Gasteiger charge is -2.35. The first-order chi connectivity index (χ1) is 20.1. The number of aryl methyl sites for hydroxylation is 3. The highest BCUT2D eigenvalue weighted by molar-refractivity contribution is 7.89. The van der Waals surface area contributed by atoms with Gasteiger partial charge in [-0.3, -0.25) is 14.5 Å². The van der Waals surface area contributed by atoms with Gasteiger partial charge in [-0.1, -0.05) is 44.1 Å². The maximum absolute atomic E-state index is 13.6. The zero-order chi connectivity index (χ0) is 30.3. The lowest BCUT2D eigenvalue weighted by molar-refractivity contribution is -0.139. The Morgan fingerprint density at radius 2 is 1.86 bits per heavy atom. The van der Waals surface area contributed by atoms with Gasteiger partial charge in [-0.25, -0.2) is 13.4 Å². The van der Waals surface area contributed by atoms with Crippen molar-refractivity contribution in [1.82, 2.24) is 14.6 Å². The summed E-state index contributed by atoms with van der Waals surface area (Å²) in [6.07, 6.45) is 7.58. The zero-order valence-electron chi connectivity index (χ0n) is 24.5. The first-order valence-corrected chi connectivity index (χ1v) is 16.1. The van der Waals surface area contributed by atoms with E-state index in [9.17, 15) is 23.1 Å². The number of amides is 1. The van der Waals surface area contributed by atoms with Gasteiger partial charge in [0.2, 0.25) is 16.4 Å². The minimum atomic E-state index is -4.21. The van der Waals surface area contributed by atoms with Crippen molar-refractivity contribution in [2.24, 2.45) is 11.1 Å². The number of pyridine rings is 1. The fourth-order valence-electron chi connectivity index (χ4n) is 5.77. The number of nitrogens with one attached hydrogen (secondary N) is 2. The number of amidine groups is 1. The largest absolute Gasteiger partial charge is 0.480 e. The molecule has 2 aliphatic rings. The third kappa shape index (κ3) is 7.27. The van der Waals surface area contributed by atoms with E-state index in [0.717, 1.165) is 54.9 Å². The number of aromatic nitrogens is 1. The summed E-state index contributed by atoms with van der Waals surface area (Å²) in [5, 5.41) is 17.5. The molecule has 2 heterocycles. The van der Waals surface area contributed by atoms with Crippen molar-refractivity contribution in [3.8, 4) is 0 Å². The maximum atomic E-state index is 13.6. The van der Waals surface area contributed by atoms with Crippen LogP contribution in [0.15, 0.2) is 46.6 Å². The number of carboxylic acids is 1. The number of hydrogen-bond donors (Lipinski definition) is 3. The van der Waals surface area contributed by atoms with E-state index in [4.69, 9.17) is 4.84 Å². The Kier molecular flexibility index (Phi) is 10.2. The second-order valence-electron chi connectivity index (χ2n) is 11.1. The van der Waals surface area contributed by atoms with E-state index >= 15 is 0 Å². The Bertz CT molecular complexity index is 1370. The van der Waals surface area contributed by atoms with Crippen LogP contribution in [0, 0.1) is 5.92 Å². The first-order valence-electron chi connectivity index (χ1n) is 14.6. The van der Waals surface area contributed by atoms with Gasteiger partial charge in [0.25, 0.3) is 0 Å². The van der Waals surface area contributed by atoms with E-state index in [1.165, 1.54) is 0 Å². The zero-order valence-corrected chi connectivity index (χ0v) is 25.3. The topological polar surface area (TPSA) is 150 Å². The number of nitrogens with zero attached hydrogens (tertiary/aromatic N) is 3. The lowest BCUT2D eigenvalue weighted by atomic mass is 9.77. The Morgan fingerprint density at radius 3 is 2.40 bits per heavy atom. The summed E-state index contributed by atoms with van der Waals surface area (Å²) in [4.78, 5) is 35.7. The molecule has 1 fully saturated rings. The number of carboxylic acid groups (broad SMARTS) is 1. The van der Waals surface area contributed by atoms with Gasteiger partial charge >= 0.3 is 5.97 Å². The summed E-state index contributed by atoms with van der Waals surface area (Å²) >= 11 is 0. The molecule has 2 aromatic rings. The molecule has 0 radical (unpaired) electrons. The third-order valence-corrected chi connectivity index (χ3v) is 9.91. The number of carbonyl (C=O) groups is 2. The van der Waals surface area contributed by atoms with Gasteiger partial charge in [-0.2, -0.15) is 4.72 Å².